The third kappa shape index (κ3) is 17.7. The van der Waals surface area contributed by atoms with E-state index in [2.05, 4.69) is 30.1 Å². The molecular weight excluding hydrogens is 1040 g/mol. The van der Waals surface area contributed by atoms with Crippen LogP contribution in [0, 0.1) is 0 Å². The fourth-order valence-corrected chi connectivity index (χ4v) is 8.30. The number of benzene rings is 4. The second-order valence-corrected chi connectivity index (χ2v) is 18.2. The van der Waals surface area contributed by atoms with Crippen LogP contribution in [-0.2, 0) is 45.1 Å². The van der Waals surface area contributed by atoms with Crippen LogP contribution in [0.25, 0.3) is 22.5 Å². The number of aliphatic hydroxyl groups is 2. The number of aliphatic hydroxyl groups excluding tert-OH is 2. The van der Waals surface area contributed by atoms with E-state index in [9.17, 15) is 55.7 Å². The molecule has 2 amide bonds. The predicted octanol–water partition coefficient (Wildman–Crippen LogP) is 9.08. The predicted molar refractivity (Wildman–Crippen MR) is 281 cm³/mol. The summed E-state index contributed by atoms with van der Waals surface area (Å²) in [7, 11) is 0. The summed E-state index contributed by atoms with van der Waals surface area (Å²) in [5.74, 6) is -3.01. The first-order valence-electron chi connectivity index (χ1n) is 24.7. The van der Waals surface area contributed by atoms with Gasteiger partial charge < -0.3 is 39.8 Å². The van der Waals surface area contributed by atoms with Gasteiger partial charge in [-0.3, -0.25) is 38.9 Å². The summed E-state index contributed by atoms with van der Waals surface area (Å²) >= 11 is 0. The van der Waals surface area contributed by atoms with Crippen molar-refractivity contribution in [2.45, 2.75) is 72.1 Å². The maximum absolute atomic E-state index is 13.0. The molecule has 2 aliphatic heterocycles. The number of halogens is 6. The van der Waals surface area contributed by atoms with Gasteiger partial charge in [0.25, 0.3) is 0 Å². The number of anilines is 2. The zero-order chi connectivity index (χ0) is 56.0. The van der Waals surface area contributed by atoms with E-state index in [4.69, 9.17) is 9.47 Å². The zero-order valence-electron chi connectivity index (χ0n) is 42.4. The van der Waals surface area contributed by atoms with Crippen LogP contribution in [-0.4, -0.2) is 131 Å². The number of aromatic nitrogens is 2. The Hall–Kier alpha value is -7.60. The second kappa shape index (κ2) is 27.8. The molecule has 4 aromatic carbocycles. The van der Waals surface area contributed by atoms with Gasteiger partial charge in [0.1, 0.15) is 0 Å². The Bertz CT molecular complexity index is 2790. The van der Waals surface area contributed by atoms with Gasteiger partial charge >= 0.3 is 12.7 Å². The first kappa shape index (κ1) is 60.6. The van der Waals surface area contributed by atoms with Gasteiger partial charge in [0, 0.05) is 73.7 Å². The fraction of sp³-hybridized carbons (Fsp3) is 0.333. The van der Waals surface area contributed by atoms with Crippen LogP contribution >= 0.6 is 0 Å². The van der Waals surface area contributed by atoms with Crippen LogP contribution in [0.4, 0.5) is 37.7 Å². The molecule has 4 N–H and O–H groups in total. The molecule has 16 nitrogen and oxygen atoms in total. The van der Waals surface area contributed by atoms with Gasteiger partial charge in [-0.1, -0.05) is 68.1 Å². The third-order valence-corrected chi connectivity index (χ3v) is 12.8. The quantitative estimate of drug-likeness (QED) is 0.0469. The number of morpholine rings is 2. The molecule has 8 rings (SSSR count). The minimum absolute atomic E-state index is 0. The Morgan fingerprint density at radius 3 is 1.19 bits per heavy atom. The van der Waals surface area contributed by atoms with Gasteiger partial charge in [0.2, 0.25) is 11.8 Å². The van der Waals surface area contributed by atoms with Gasteiger partial charge in [-0.25, -0.2) is 0 Å². The SMILES string of the molecule is C.C[C@H](C(=O)Nc1cc(C(=O)Cc2ccc(-c3ccc(CO)cc3)nc2)ccc1OC(F)(F)F)N1CCOCC1.C[C@H](C(=O)Nc1cc(C(=O)Cc2ccc(-c3ccc(CO)cc3)nc2)ccc1OC(F)(F)F)N1CCOCC1. The Labute approximate surface area is 452 Å². The molecule has 79 heavy (non-hydrogen) atoms. The molecule has 2 aromatic heterocycles. The molecule has 2 aliphatic rings. The van der Waals surface area contributed by atoms with E-state index >= 15 is 0 Å². The van der Waals surface area contributed by atoms with Crippen LogP contribution in [0.2, 0.25) is 0 Å². The number of ether oxygens (including phenoxy) is 4. The minimum atomic E-state index is -4.98. The monoisotopic (exact) mass is 1100 g/mol. The van der Waals surface area contributed by atoms with Crippen LogP contribution in [0.1, 0.15) is 64.2 Å². The number of nitrogens with one attached hydrogen (secondary N) is 2. The van der Waals surface area contributed by atoms with E-state index in [-0.39, 0.29) is 67.6 Å². The number of ketones is 2. The minimum Gasteiger partial charge on any atom is -0.404 e. The summed E-state index contributed by atoms with van der Waals surface area (Å²) in [6, 6.07) is 27.1. The number of rotatable bonds is 18. The highest BCUT2D eigenvalue weighted by Gasteiger charge is 2.35. The van der Waals surface area contributed by atoms with Crippen molar-refractivity contribution in [2.24, 2.45) is 0 Å². The molecule has 0 radical (unpaired) electrons. The van der Waals surface area contributed by atoms with E-state index in [1.54, 1.807) is 74.8 Å². The van der Waals surface area contributed by atoms with Gasteiger partial charge in [0.05, 0.1) is 74.5 Å². The number of hydrogen-bond donors (Lipinski definition) is 4. The molecular formula is C57H60F6N6O10. The Morgan fingerprint density at radius 2 is 0.886 bits per heavy atom. The number of alkyl halides is 6. The van der Waals surface area contributed by atoms with Gasteiger partial charge in [-0.15, -0.1) is 26.3 Å². The second-order valence-electron chi connectivity index (χ2n) is 18.2. The summed E-state index contributed by atoms with van der Waals surface area (Å²) in [6.45, 7) is 7.05. The largest absolute Gasteiger partial charge is 0.573 e. The van der Waals surface area contributed by atoms with E-state index in [0.717, 1.165) is 34.4 Å². The van der Waals surface area contributed by atoms with E-state index in [1.807, 2.05) is 34.1 Å². The molecule has 420 valence electrons. The molecule has 4 heterocycles. The lowest BCUT2D eigenvalue weighted by Gasteiger charge is -2.31. The lowest BCUT2D eigenvalue weighted by atomic mass is 10.0. The van der Waals surface area contributed by atoms with Crippen LogP contribution < -0.4 is 20.1 Å². The number of pyridine rings is 2. The van der Waals surface area contributed by atoms with Crippen LogP contribution in [0.5, 0.6) is 11.5 Å². The molecule has 2 saturated heterocycles. The number of nitrogens with zero attached hydrogens (tertiary/aromatic N) is 4. The number of carbonyl (C=O) groups excluding carboxylic acids is 4. The standard InChI is InChI=1S/2C28H28F3N3O5.CH4/c2*1-18(34-10-12-38-13-11-34)27(37)33-24-15-22(7-9-26(24)39-28(29,30)31)25(36)14-20-4-8-23(32-16-20)21-5-2-19(17-35)3-6-21;/h2*2-9,15-16,18,35H,10-14,17H2,1H3,(H,33,37);1H4/t2*18-;/m11./s1. The average Bonchev–Trinajstić information content (AvgIpc) is 3.44. The number of amides is 2. The maximum Gasteiger partial charge on any atom is 0.573 e. The highest BCUT2D eigenvalue weighted by molar-refractivity contribution is 6.02. The molecule has 2 atom stereocenters. The molecule has 0 saturated carbocycles. The van der Waals surface area contributed by atoms with Crippen LogP contribution in [0.3, 0.4) is 0 Å². The molecule has 0 unspecified atom stereocenters. The van der Waals surface area contributed by atoms with Crippen molar-refractivity contribution in [1.29, 1.82) is 0 Å². The third-order valence-electron chi connectivity index (χ3n) is 12.8. The summed E-state index contributed by atoms with van der Waals surface area (Å²) in [5.41, 5.74) is 5.56. The fourth-order valence-electron chi connectivity index (χ4n) is 8.30. The summed E-state index contributed by atoms with van der Waals surface area (Å²) < 4.78 is 96.8. The van der Waals surface area contributed by atoms with Crippen molar-refractivity contribution in [3.05, 3.63) is 155 Å². The average molecular weight is 1100 g/mol. The summed E-state index contributed by atoms with van der Waals surface area (Å²) in [4.78, 5) is 64.2. The van der Waals surface area contributed by atoms with E-state index in [0.29, 0.717) is 75.1 Å². The number of carbonyl (C=O) groups is 4. The summed E-state index contributed by atoms with van der Waals surface area (Å²) in [6.07, 6.45) is -6.94. The number of hydrogen-bond acceptors (Lipinski definition) is 14. The first-order valence-corrected chi connectivity index (χ1v) is 24.7. The maximum atomic E-state index is 13.0. The lowest BCUT2D eigenvalue weighted by molar-refractivity contribution is -0.275. The summed E-state index contributed by atoms with van der Waals surface area (Å²) in [5, 5.41) is 23.4. The van der Waals surface area contributed by atoms with Crippen LogP contribution in [0.15, 0.2) is 122 Å². The van der Waals surface area contributed by atoms with Gasteiger partial charge in [0.15, 0.2) is 23.1 Å². The van der Waals surface area contributed by atoms with Crippen molar-refractivity contribution >= 4 is 34.8 Å². The zero-order valence-corrected chi connectivity index (χ0v) is 42.4. The van der Waals surface area contributed by atoms with E-state index in [1.165, 1.54) is 24.3 Å². The molecule has 22 heteroatoms. The van der Waals surface area contributed by atoms with Crippen molar-refractivity contribution in [3.8, 4) is 34.0 Å². The first-order chi connectivity index (χ1) is 37.2. The van der Waals surface area contributed by atoms with Crippen molar-refractivity contribution in [3.63, 3.8) is 0 Å². The van der Waals surface area contributed by atoms with Crippen molar-refractivity contribution in [1.82, 2.24) is 19.8 Å². The Morgan fingerprint density at radius 1 is 0.544 bits per heavy atom. The molecule has 6 aromatic rings. The normalized spacial score (nSPS) is 14.8. The van der Waals surface area contributed by atoms with Crippen molar-refractivity contribution < 1.29 is 74.7 Å². The van der Waals surface area contributed by atoms with Gasteiger partial charge in [-0.2, -0.15) is 0 Å². The Balaban J connectivity index is 0.000000252. The number of Topliss-reactive ketones (excluding diaryl/α,β-unsaturated/α-hetero) is 2. The van der Waals surface area contributed by atoms with Gasteiger partial charge in [-0.05, 0) is 84.6 Å². The highest BCUT2D eigenvalue weighted by atomic mass is 19.4. The molecule has 0 spiro atoms. The molecule has 2 fully saturated rings. The smallest absolute Gasteiger partial charge is 0.404 e. The van der Waals surface area contributed by atoms with Crippen molar-refractivity contribution in [2.75, 3.05) is 63.2 Å². The lowest BCUT2D eigenvalue weighted by Crippen LogP contribution is -2.47. The Kier molecular flexibility index (Phi) is 21.3. The topological polar surface area (TPSA) is 202 Å². The van der Waals surface area contributed by atoms with E-state index < -0.39 is 48.1 Å². The molecule has 0 aliphatic carbocycles. The molecule has 0 bridgehead atoms. The highest BCUT2D eigenvalue weighted by Crippen LogP contribution is 2.34.